The van der Waals surface area contributed by atoms with E-state index >= 15 is 0 Å². The molecule has 3 rings (SSSR count). The fourth-order valence-corrected chi connectivity index (χ4v) is 2.26. The van der Waals surface area contributed by atoms with Crippen molar-refractivity contribution < 1.29 is 4.79 Å². The fourth-order valence-electron chi connectivity index (χ4n) is 2.26. The molecule has 0 unspecified atom stereocenters. The first-order chi connectivity index (χ1) is 12.7. The van der Waals surface area contributed by atoms with Crippen LogP contribution in [0.15, 0.2) is 73.2 Å². The van der Waals surface area contributed by atoms with Gasteiger partial charge in [-0.2, -0.15) is 0 Å². The van der Waals surface area contributed by atoms with E-state index in [1.807, 2.05) is 42.6 Å². The molecule has 130 valence electrons. The van der Waals surface area contributed by atoms with Crippen LogP contribution in [-0.2, 0) is 11.3 Å². The van der Waals surface area contributed by atoms with Crippen molar-refractivity contribution in [3.63, 3.8) is 0 Å². The molecular formula is C20H19N5O. The molecular weight excluding hydrogens is 326 g/mol. The van der Waals surface area contributed by atoms with Crippen molar-refractivity contribution in [1.29, 1.82) is 0 Å². The third kappa shape index (κ3) is 4.91. The third-order valence-corrected chi connectivity index (χ3v) is 3.63. The average molecular weight is 345 g/mol. The van der Waals surface area contributed by atoms with E-state index in [1.54, 1.807) is 30.6 Å². The van der Waals surface area contributed by atoms with Crippen molar-refractivity contribution >= 4 is 29.2 Å². The summed E-state index contributed by atoms with van der Waals surface area (Å²) in [5.74, 6) is 0.509. The first-order valence-corrected chi connectivity index (χ1v) is 8.13. The number of rotatable bonds is 6. The number of amides is 1. The van der Waals surface area contributed by atoms with E-state index in [1.165, 1.54) is 6.08 Å². The molecule has 2 aromatic heterocycles. The molecule has 1 aromatic carbocycles. The van der Waals surface area contributed by atoms with Gasteiger partial charge in [0.25, 0.3) is 0 Å². The lowest BCUT2D eigenvalue weighted by Crippen LogP contribution is -2.09. The van der Waals surface area contributed by atoms with Gasteiger partial charge in [0.2, 0.25) is 5.91 Å². The molecule has 0 radical (unpaired) electrons. The minimum Gasteiger partial charge on any atom is -0.397 e. The lowest BCUT2D eigenvalue weighted by Gasteiger charge is -2.06. The maximum atomic E-state index is 12.0. The Morgan fingerprint density at radius 2 is 1.96 bits per heavy atom. The van der Waals surface area contributed by atoms with Gasteiger partial charge in [0.15, 0.2) is 0 Å². The predicted octanol–water partition coefficient (Wildman–Crippen LogP) is 3.32. The molecule has 4 N–H and O–H groups in total. The Morgan fingerprint density at radius 1 is 1.08 bits per heavy atom. The molecule has 0 saturated heterocycles. The third-order valence-electron chi connectivity index (χ3n) is 3.63. The molecule has 0 aliphatic rings. The molecule has 26 heavy (non-hydrogen) atoms. The standard InChI is InChI=1S/C20H19N5O/c21-17-5-1-2-6-18(17)25-20(26)10-8-15-7-9-19(23-13-15)24-14-16-4-3-11-22-12-16/h1-13H,14,21H2,(H,23,24)(H,25,26). The molecule has 3 aromatic rings. The highest BCUT2D eigenvalue weighted by Crippen LogP contribution is 2.16. The van der Waals surface area contributed by atoms with Crippen molar-refractivity contribution in [3.05, 3.63) is 84.3 Å². The SMILES string of the molecule is Nc1ccccc1NC(=O)C=Cc1ccc(NCc2cccnc2)nc1. The Hall–Kier alpha value is -3.67. The normalized spacial score (nSPS) is 10.6. The summed E-state index contributed by atoms with van der Waals surface area (Å²) in [4.78, 5) is 20.4. The van der Waals surface area contributed by atoms with E-state index in [4.69, 9.17) is 5.73 Å². The molecule has 6 heteroatoms. The van der Waals surface area contributed by atoms with Crippen LogP contribution in [0.1, 0.15) is 11.1 Å². The largest absolute Gasteiger partial charge is 0.397 e. The maximum absolute atomic E-state index is 12.0. The quantitative estimate of drug-likeness (QED) is 0.471. The Labute approximate surface area is 151 Å². The number of hydrogen-bond donors (Lipinski definition) is 3. The fraction of sp³-hybridized carbons (Fsp3) is 0.0500. The van der Waals surface area contributed by atoms with Crippen LogP contribution in [0.4, 0.5) is 17.2 Å². The topological polar surface area (TPSA) is 92.9 Å². The molecule has 6 nitrogen and oxygen atoms in total. The van der Waals surface area contributed by atoms with Crippen molar-refractivity contribution in [3.8, 4) is 0 Å². The number of nitrogens with zero attached hydrogens (tertiary/aromatic N) is 2. The van der Waals surface area contributed by atoms with Gasteiger partial charge < -0.3 is 16.4 Å². The zero-order valence-electron chi connectivity index (χ0n) is 14.1. The number of carbonyl (C=O) groups is 1. The minimum atomic E-state index is -0.248. The summed E-state index contributed by atoms with van der Waals surface area (Å²) in [5.41, 5.74) is 8.83. The Morgan fingerprint density at radius 3 is 2.69 bits per heavy atom. The number of nitrogens with one attached hydrogen (secondary N) is 2. The van der Waals surface area contributed by atoms with Gasteiger partial charge in [-0.25, -0.2) is 4.98 Å². The number of carbonyl (C=O) groups excluding carboxylic acids is 1. The van der Waals surface area contributed by atoms with E-state index in [0.717, 1.165) is 16.9 Å². The van der Waals surface area contributed by atoms with E-state index in [9.17, 15) is 4.79 Å². The van der Waals surface area contributed by atoms with E-state index in [0.29, 0.717) is 17.9 Å². The highest BCUT2D eigenvalue weighted by molar-refractivity contribution is 6.03. The van der Waals surface area contributed by atoms with E-state index in [2.05, 4.69) is 20.6 Å². The monoisotopic (exact) mass is 345 g/mol. The number of benzene rings is 1. The highest BCUT2D eigenvalue weighted by Gasteiger charge is 2.01. The van der Waals surface area contributed by atoms with Gasteiger partial charge in [-0.05, 0) is 47.5 Å². The lowest BCUT2D eigenvalue weighted by molar-refractivity contribution is -0.111. The number of anilines is 3. The van der Waals surface area contributed by atoms with Crippen molar-refractivity contribution in [2.24, 2.45) is 0 Å². The van der Waals surface area contributed by atoms with Crippen LogP contribution in [0.5, 0.6) is 0 Å². The van der Waals surface area contributed by atoms with Crippen LogP contribution in [0.2, 0.25) is 0 Å². The molecule has 2 heterocycles. The number of nitrogen functional groups attached to an aromatic ring is 1. The minimum absolute atomic E-state index is 0.248. The van der Waals surface area contributed by atoms with Crippen LogP contribution in [0.3, 0.4) is 0 Å². The molecule has 0 aliphatic heterocycles. The summed E-state index contributed by atoms with van der Waals surface area (Å²) in [5, 5.41) is 5.96. The predicted molar refractivity (Wildman–Crippen MR) is 104 cm³/mol. The van der Waals surface area contributed by atoms with Crippen LogP contribution < -0.4 is 16.4 Å². The van der Waals surface area contributed by atoms with Crippen LogP contribution in [-0.4, -0.2) is 15.9 Å². The van der Waals surface area contributed by atoms with Crippen LogP contribution in [0, 0.1) is 0 Å². The first-order valence-electron chi connectivity index (χ1n) is 8.13. The van der Waals surface area contributed by atoms with E-state index < -0.39 is 0 Å². The molecule has 0 fully saturated rings. The van der Waals surface area contributed by atoms with Gasteiger partial charge in [-0.15, -0.1) is 0 Å². The lowest BCUT2D eigenvalue weighted by atomic mass is 10.2. The number of aromatic nitrogens is 2. The molecule has 0 spiro atoms. The summed E-state index contributed by atoms with van der Waals surface area (Å²) < 4.78 is 0. The molecule has 0 saturated carbocycles. The second-order valence-corrected chi connectivity index (χ2v) is 5.60. The molecule has 0 bridgehead atoms. The molecule has 0 aliphatic carbocycles. The van der Waals surface area contributed by atoms with Crippen molar-refractivity contribution in [2.75, 3.05) is 16.4 Å². The van der Waals surface area contributed by atoms with Gasteiger partial charge in [0.05, 0.1) is 11.4 Å². The summed E-state index contributed by atoms with van der Waals surface area (Å²) >= 11 is 0. The van der Waals surface area contributed by atoms with Crippen LogP contribution >= 0.6 is 0 Å². The molecule has 1 amide bonds. The highest BCUT2D eigenvalue weighted by atomic mass is 16.1. The van der Waals surface area contributed by atoms with Crippen molar-refractivity contribution in [1.82, 2.24) is 9.97 Å². The number of hydrogen-bond acceptors (Lipinski definition) is 5. The van der Waals surface area contributed by atoms with Gasteiger partial charge in [0.1, 0.15) is 5.82 Å². The summed E-state index contributed by atoms with van der Waals surface area (Å²) in [7, 11) is 0. The Bertz CT molecular complexity index is 892. The first kappa shape index (κ1) is 17.2. The summed E-state index contributed by atoms with van der Waals surface area (Å²) in [6.07, 6.45) is 8.40. The van der Waals surface area contributed by atoms with Crippen LogP contribution in [0.25, 0.3) is 6.08 Å². The summed E-state index contributed by atoms with van der Waals surface area (Å²) in [6.45, 7) is 0.650. The smallest absolute Gasteiger partial charge is 0.248 e. The second kappa shape index (κ2) is 8.43. The zero-order valence-corrected chi connectivity index (χ0v) is 14.1. The van der Waals surface area contributed by atoms with E-state index in [-0.39, 0.29) is 5.91 Å². The van der Waals surface area contributed by atoms with Gasteiger partial charge >= 0.3 is 0 Å². The Kier molecular flexibility index (Phi) is 5.57. The Balaban J connectivity index is 1.54. The molecule has 0 atom stereocenters. The zero-order chi connectivity index (χ0) is 18.2. The van der Waals surface area contributed by atoms with Gasteiger partial charge in [0, 0.05) is 31.2 Å². The van der Waals surface area contributed by atoms with Gasteiger partial charge in [-0.3, -0.25) is 9.78 Å². The second-order valence-electron chi connectivity index (χ2n) is 5.60. The number of nitrogens with two attached hydrogens (primary N) is 1. The number of pyridine rings is 2. The average Bonchev–Trinajstić information content (AvgIpc) is 2.68. The summed E-state index contributed by atoms with van der Waals surface area (Å²) in [6, 6.07) is 14.8. The van der Waals surface area contributed by atoms with Gasteiger partial charge in [-0.1, -0.05) is 18.2 Å². The van der Waals surface area contributed by atoms with Crippen molar-refractivity contribution in [2.45, 2.75) is 6.54 Å². The number of para-hydroxylation sites is 2. The maximum Gasteiger partial charge on any atom is 0.248 e.